The topological polar surface area (TPSA) is 96.2 Å². The fourth-order valence-corrected chi connectivity index (χ4v) is 1.75. The predicted octanol–water partition coefficient (Wildman–Crippen LogP) is 0.621. The third-order valence-corrected chi connectivity index (χ3v) is 2.59. The van der Waals surface area contributed by atoms with Crippen LogP contribution in [0.25, 0.3) is 0 Å². The molecule has 0 spiro atoms. The number of nitrogens with zero attached hydrogens (tertiary/aromatic N) is 2. The largest absolute Gasteiger partial charge is 0.497 e. The first-order valence-corrected chi connectivity index (χ1v) is 5.35. The van der Waals surface area contributed by atoms with Crippen LogP contribution in [-0.4, -0.2) is 22.6 Å². The van der Waals surface area contributed by atoms with Gasteiger partial charge in [-0.25, -0.2) is 4.98 Å². The van der Waals surface area contributed by atoms with Crippen molar-refractivity contribution in [2.75, 3.05) is 12.8 Å². The highest BCUT2D eigenvalue weighted by Gasteiger charge is 2.13. The number of primary amides is 1. The molecule has 0 radical (unpaired) electrons. The predicted molar refractivity (Wildman–Crippen MR) is 67.3 cm³/mol. The van der Waals surface area contributed by atoms with E-state index in [2.05, 4.69) is 4.98 Å². The van der Waals surface area contributed by atoms with Gasteiger partial charge in [-0.3, -0.25) is 4.79 Å². The number of nitrogen functional groups attached to an aromatic ring is 1. The summed E-state index contributed by atoms with van der Waals surface area (Å²) in [6, 6.07) is 7.52. The van der Waals surface area contributed by atoms with Crippen LogP contribution in [0.1, 0.15) is 16.1 Å². The molecule has 0 aliphatic rings. The van der Waals surface area contributed by atoms with Gasteiger partial charge in [0.15, 0.2) is 11.5 Å². The maximum Gasteiger partial charge on any atom is 0.269 e. The molecule has 1 heterocycles. The molecule has 4 N–H and O–H groups in total. The lowest BCUT2D eigenvalue weighted by Crippen LogP contribution is -2.18. The lowest BCUT2D eigenvalue weighted by Gasteiger charge is -2.07. The highest BCUT2D eigenvalue weighted by molar-refractivity contribution is 5.95. The summed E-state index contributed by atoms with van der Waals surface area (Å²) in [4.78, 5) is 15.2. The van der Waals surface area contributed by atoms with Crippen molar-refractivity contribution < 1.29 is 9.53 Å². The molecule has 0 saturated carbocycles. The number of hydrogen-bond donors (Lipinski definition) is 2. The normalized spacial score (nSPS) is 10.3. The Bertz CT molecular complexity index is 577. The Labute approximate surface area is 104 Å². The van der Waals surface area contributed by atoms with Crippen molar-refractivity contribution in [3.8, 4) is 5.75 Å². The molecule has 1 amide bonds. The van der Waals surface area contributed by atoms with Crippen LogP contribution in [0.4, 0.5) is 5.82 Å². The molecule has 18 heavy (non-hydrogen) atoms. The smallest absolute Gasteiger partial charge is 0.269 e. The van der Waals surface area contributed by atoms with Crippen LogP contribution in [0.15, 0.2) is 30.6 Å². The Morgan fingerprint density at radius 2 is 2.28 bits per heavy atom. The van der Waals surface area contributed by atoms with E-state index in [1.807, 2.05) is 24.3 Å². The molecule has 0 saturated heterocycles. The average Bonchev–Trinajstić information content (AvgIpc) is 2.70. The quantitative estimate of drug-likeness (QED) is 0.826. The molecule has 2 rings (SSSR count). The number of carbonyl (C=O) groups excluding carboxylic acids is 1. The number of benzene rings is 1. The molecule has 6 heteroatoms. The maximum atomic E-state index is 11.3. The summed E-state index contributed by atoms with van der Waals surface area (Å²) >= 11 is 0. The Balaban J connectivity index is 2.31. The van der Waals surface area contributed by atoms with E-state index in [9.17, 15) is 4.79 Å². The summed E-state index contributed by atoms with van der Waals surface area (Å²) in [6.07, 6.45) is 1.49. The van der Waals surface area contributed by atoms with Crippen molar-refractivity contribution in [2.24, 2.45) is 5.73 Å². The average molecular weight is 246 g/mol. The second kappa shape index (κ2) is 4.79. The molecule has 6 nitrogen and oxygen atoms in total. The molecule has 94 valence electrons. The number of ether oxygens (including phenoxy) is 1. The highest BCUT2D eigenvalue weighted by atomic mass is 16.5. The second-order valence-electron chi connectivity index (χ2n) is 3.82. The summed E-state index contributed by atoms with van der Waals surface area (Å²) < 4.78 is 6.75. The number of methoxy groups -OCH3 is 1. The van der Waals surface area contributed by atoms with Crippen molar-refractivity contribution in [2.45, 2.75) is 6.54 Å². The molecule has 1 aromatic carbocycles. The van der Waals surface area contributed by atoms with Gasteiger partial charge in [-0.15, -0.1) is 0 Å². The Hall–Kier alpha value is -2.50. The summed E-state index contributed by atoms with van der Waals surface area (Å²) in [6.45, 7) is 0.458. The number of rotatable bonds is 4. The van der Waals surface area contributed by atoms with Crippen molar-refractivity contribution in [1.29, 1.82) is 0 Å². The third-order valence-electron chi connectivity index (χ3n) is 2.59. The van der Waals surface area contributed by atoms with Crippen LogP contribution in [0.5, 0.6) is 5.75 Å². The summed E-state index contributed by atoms with van der Waals surface area (Å²) in [7, 11) is 1.60. The third kappa shape index (κ3) is 2.27. The van der Waals surface area contributed by atoms with Crippen LogP contribution in [0.2, 0.25) is 0 Å². The fourth-order valence-electron chi connectivity index (χ4n) is 1.75. The molecule has 0 unspecified atom stereocenters. The molecular weight excluding hydrogens is 232 g/mol. The zero-order valence-electron chi connectivity index (χ0n) is 9.96. The minimum Gasteiger partial charge on any atom is -0.497 e. The van der Waals surface area contributed by atoms with Gasteiger partial charge in [0, 0.05) is 6.54 Å². The van der Waals surface area contributed by atoms with Gasteiger partial charge in [0.25, 0.3) is 5.91 Å². The Morgan fingerprint density at radius 1 is 1.50 bits per heavy atom. The van der Waals surface area contributed by atoms with Crippen LogP contribution < -0.4 is 16.2 Å². The minimum absolute atomic E-state index is 0.144. The number of imidazole rings is 1. The van der Waals surface area contributed by atoms with Gasteiger partial charge in [0.05, 0.1) is 13.4 Å². The van der Waals surface area contributed by atoms with Crippen molar-refractivity contribution >= 4 is 11.7 Å². The van der Waals surface area contributed by atoms with E-state index in [0.29, 0.717) is 6.54 Å². The standard InChI is InChI=1S/C12H14N4O2/c1-18-9-4-2-3-8(5-9)6-16-7-15-11(13)10(16)12(14)17/h2-5,7H,6,13H2,1H3,(H2,14,17). The van der Waals surface area contributed by atoms with Crippen molar-refractivity contribution in [3.63, 3.8) is 0 Å². The summed E-state index contributed by atoms with van der Waals surface area (Å²) in [5.74, 6) is 0.305. The molecule has 2 aromatic rings. The van der Waals surface area contributed by atoms with Crippen molar-refractivity contribution in [1.82, 2.24) is 9.55 Å². The monoisotopic (exact) mass is 246 g/mol. The number of nitrogens with two attached hydrogens (primary N) is 2. The molecule has 0 atom stereocenters. The van der Waals surface area contributed by atoms with Gasteiger partial charge in [0.2, 0.25) is 0 Å². The first-order valence-electron chi connectivity index (χ1n) is 5.35. The molecule has 0 bridgehead atoms. The number of amides is 1. The van der Waals surface area contributed by atoms with Gasteiger partial charge >= 0.3 is 0 Å². The van der Waals surface area contributed by atoms with Crippen LogP contribution in [0.3, 0.4) is 0 Å². The molecule has 0 aliphatic carbocycles. The zero-order chi connectivity index (χ0) is 13.1. The second-order valence-corrected chi connectivity index (χ2v) is 3.82. The molecular formula is C12H14N4O2. The number of hydrogen-bond acceptors (Lipinski definition) is 4. The van der Waals surface area contributed by atoms with Crippen LogP contribution in [0, 0.1) is 0 Å². The van der Waals surface area contributed by atoms with E-state index in [4.69, 9.17) is 16.2 Å². The summed E-state index contributed by atoms with van der Waals surface area (Å²) in [5.41, 5.74) is 12.0. The summed E-state index contributed by atoms with van der Waals surface area (Å²) in [5, 5.41) is 0. The lowest BCUT2D eigenvalue weighted by molar-refractivity contribution is 0.0993. The first kappa shape index (κ1) is 12.0. The van der Waals surface area contributed by atoms with Crippen molar-refractivity contribution in [3.05, 3.63) is 41.9 Å². The lowest BCUT2D eigenvalue weighted by atomic mass is 10.2. The highest BCUT2D eigenvalue weighted by Crippen LogP contribution is 2.16. The van der Waals surface area contributed by atoms with Crippen LogP contribution in [-0.2, 0) is 6.54 Å². The maximum absolute atomic E-state index is 11.3. The molecule has 0 fully saturated rings. The van der Waals surface area contributed by atoms with Gasteiger partial charge < -0.3 is 20.8 Å². The van der Waals surface area contributed by atoms with E-state index >= 15 is 0 Å². The first-order chi connectivity index (χ1) is 8.61. The SMILES string of the molecule is COc1cccc(Cn2cnc(N)c2C(N)=O)c1. The van der Waals surface area contributed by atoms with E-state index in [1.54, 1.807) is 11.7 Å². The van der Waals surface area contributed by atoms with E-state index < -0.39 is 5.91 Å². The number of anilines is 1. The van der Waals surface area contributed by atoms with Gasteiger partial charge in [-0.2, -0.15) is 0 Å². The zero-order valence-corrected chi connectivity index (χ0v) is 9.96. The van der Waals surface area contributed by atoms with Gasteiger partial charge in [0.1, 0.15) is 5.75 Å². The fraction of sp³-hybridized carbons (Fsp3) is 0.167. The Morgan fingerprint density at radius 3 is 2.94 bits per heavy atom. The number of aromatic nitrogens is 2. The Kier molecular flexibility index (Phi) is 3.18. The van der Waals surface area contributed by atoms with E-state index in [1.165, 1.54) is 6.33 Å². The van der Waals surface area contributed by atoms with E-state index in [0.717, 1.165) is 11.3 Å². The molecule has 1 aromatic heterocycles. The number of carbonyl (C=O) groups is 1. The van der Waals surface area contributed by atoms with Gasteiger partial charge in [-0.1, -0.05) is 12.1 Å². The van der Waals surface area contributed by atoms with Crippen LogP contribution >= 0.6 is 0 Å². The van der Waals surface area contributed by atoms with E-state index in [-0.39, 0.29) is 11.5 Å². The van der Waals surface area contributed by atoms with Gasteiger partial charge in [-0.05, 0) is 17.7 Å². The molecule has 0 aliphatic heterocycles. The minimum atomic E-state index is -0.590.